The molecule has 4 N–H and O–H groups in total. The molecule has 6 aliphatic rings. The summed E-state index contributed by atoms with van der Waals surface area (Å²) in [4.78, 5) is 0. The Morgan fingerprint density at radius 1 is 0.771 bits per heavy atom. The van der Waals surface area contributed by atoms with Crippen molar-refractivity contribution in [2.24, 2.45) is 44.8 Å². The number of hydrogen-bond acceptors (Lipinski definition) is 5. The Morgan fingerprint density at radius 3 is 2.09 bits per heavy atom. The number of aliphatic hydroxyl groups is 4. The number of ether oxygens (including phenoxy) is 1. The summed E-state index contributed by atoms with van der Waals surface area (Å²) in [5, 5.41) is 45.0. The van der Waals surface area contributed by atoms with Crippen molar-refractivity contribution in [3.05, 3.63) is 0 Å². The Balaban J connectivity index is 1.37. The van der Waals surface area contributed by atoms with Crippen LogP contribution in [0.25, 0.3) is 0 Å². The predicted octanol–water partition coefficient (Wildman–Crippen LogP) is 4.44. The summed E-state index contributed by atoms with van der Waals surface area (Å²) in [6.07, 6.45) is 7.18. The minimum Gasteiger partial charge on any atom is -0.393 e. The van der Waals surface area contributed by atoms with Gasteiger partial charge in [0.25, 0.3) is 0 Å². The molecule has 0 radical (unpaired) electrons. The van der Waals surface area contributed by atoms with E-state index >= 15 is 0 Å². The summed E-state index contributed by atoms with van der Waals surface area (Å²) >= 11 is 0. The van der Waals surface area contributed by atoms with Crippen molar-refractivity contribution in [2.45, 2.75) is 142 Å². The molecule has 200 valence electrons. The van der Waals surface area contributed by atoms with E-state index in [0.29, 0.717) is 5.92 Å². The zero-order valence-corrected chi connectivity index (χ0v) is 23.1. The number of aliphatic hydroxyl groups excluding tert-OH is 3. The van der Waals surface area contributed by atoms with Gasteiger partial charge in [0.1, 0.15) is 0 Å². The van der Waals surface area contributed by atoms with Gasteiger partial charge in [0.15, 0.2) is 0 Å². The third-order valence-corrected chi connectivity index (χ3v) is 13.8. The maximum absolute atomic E-state index is 11.7. The molecule has 0 aromatic rings. The van der Waals surface area contributed by atoms with Crippen LogP contribution in [0.1, 0.15) is 106 Å². The Labute approximate surface area is 212 Å². The molecule has 35 heavy (non-hydrogen) atoms. The molecule has 5 nitrogen and oxygen atoms in total. The van der Waals surface area contributed by atoms with Crippen molar-refractivity contribution >= 4 is 0 Å². The first-order valence-corrected chi connectivity index (χ1v) is 14.4. The maximum Gasteiger partial charge on any atom is 0.0865 e. The Bertz CT molecular complexity index is 911. The van der Waals surface area contributed by atoms with Crippen molar-refractivity contribution in [1.82, 2.24) is 0 Å². The highest BCUT2D eigenvalue weighted by atomic mass is 16.5. The van der Waals surface area contributed by atoms with Crippen LogP contribution in [0.4, 0.5) is 0 Å². The fourth-order valence-electron chi connectivity index (χ4n) is 12.1. The number of hydrogen-bond donors (Lipinski definition) is 4. The number of rotatable bonds is 2. The molecule has 0 amide bonds. The minimum atomic E-state index is -0.886. The summed E-state index contributed by atoms with van der Waals surface area (Å²) in [7, 11) is 0. The van der Waals surface area contributed by atoms with E-state index in [4.69, 9.17) is 4.74 Å². The van der Waals surface area contributed by atoms with Crippen LogP contribution in [0.15, 0.2) is 0 Å². The van der Waals surface area contributed by atoms with Crippen molar-refractivity contribution in [1.29, 1.82) is 0 Å². The van der Waals surface area contributed by atoms with Gasteiger partial charge in [0.05, 0.1) is 35.6 Å². The van der Waals surface area contributed by atoms with Gasteiger partial charge in [-0.3, -0.25) is 0 Å². The summed E-state index contributed by atoms with van der Waals surface area (Å²) in [6, 6.07) is 0. The van der Waals surface area contributed by atoms with Crippen LogP contribution >= 0.6 is 0 Å². The first-order chi connectivity index (χ1) is 16.0. The predicted molar refractivity (Wildman–Crippen MR) is 134 cm³/mol. The van der Waals surface area contributed by atoms with Gasteiger partial charge < -0.3 is 25.2 Å². The second-order valence-electron chi connectivity index (χ2n) is 15.9. The summed E-state index contributed by atoms with van der Waals surface area (Å²) in [5.41, 5.74) is -1.35. The SMILES string of the molecule is CC(C)(O)[C@@H]1CC[C@](C)([C@H]2[C@@H](O)C[C@@]3(C)[C@@H]4C[C@H](O)C5C(C)(C)[C@@H](O)CC[C@@]56CC46CC[C@]23C)O1. The third-order valence-electron chi connectivity index (χ3n) is 13.8. The molecule has 6 rings (SSSR count). The monoisotopic (exact) mass is 490 g/mol. The lowest BCUT2D eigenvalue weighted by Gasteiger charge is -2.64. The Morgan fingerprint density at radius 2 is 1.46 bits per heavy atom. The molecule has 1 heterocycles. The first-order valence-electron chi connectivity index (χ1n) is 14.4. The van der Waals surface area contributed by atoms with Crippen LogP contribution in [-0.4, -0.2) is 56.0 Å². The van der Waals surface area contributed by atoms with Crippen molar-refractivity contribution in [3.8, 4) is 0 Å². The molecular formula is C30H50O5. The lowest BCUT2D eigenvalue weighted by atomic mass is 9.41. The lowest BCUT2D eigenvalue weighted by Crippen LogP contribution is -2.62. The van der Waals surface area contributed by atoms with E-state index in [9.17, 15) is 20.4 Å². The Kier molecular flexibility index (Phi) is 4.92. The highest BCUT2D eigenvalue weighted by Crippen LogP contribution is 2.89. The van der Waals surface area contributed by atoms with Gasteiger partial charge in [-0.15, -0.1) is 0 Å². The smallest absolute Gasteiger partial charge is 0.0865 e. The summed E-state index contributed by atoms with van der Waals surface area (Å²) in [5.74, 6) is 0.577. The molecular weight excluding hydrogens is 440 g/mol. The Hall–Kier alpha value is -0.200. The standard InChI is InChI=1S/C30H50O5/c1-24(2)20(33)8-11-30-16-29(30)13-12-26(5)23(28(7)10-9-21(35-28)25(3,4)34)18(32)15-27(26,6)19(29)14-17(31)22(24)30/h17-23,31-34H,8-16H2,1-7H3/t17-,18-,19-,20-,21-,22?,23-,26+,27-,28+,29?,30+/m0/s1. The number of fused-ring (bicyclic) bond motifs is 2. The van der Waals surface area contributed by atoms with Gasteiger partial charge in [-0.1, -0.05) is 27.7 Å². The molecule has 5 saturated carbocycles. The van der Waals surface area contributed by atoms with E-state index in [-0.39, 0.29) is 51.1 Å². The zero-order valence-electron chi connectivity index (χ0n) is 23.1. The van der Waals surface area contributed by atoms with E-state index in [0.717, 1.165) is 51.4 Å². The molecule has 6 fully saturated rings. The molecule has 1 saturated heterocycles. The zero-order chi connectivity index (χ0) is 25.6. The summed E-state index contributed by atoms with van der Waals surface area (Å²) < 4.78 is 6.66. The van der Waals surface area contributed by atoms with Crippen molar-refractivity contribution in [2.75, 3.05) is 0 Å². The van der Waals surface area contributed by atoms with Crippen LogP contribution in [0, 0.1) is 44.8 Å². The third kappa shape index (κ3) is 2.78. The van der Waals surface area contributed by atoms with Crippen LogP contribution in [0.3, 0.4) is 0 Å². The average Bonchev–Trinajstić information content (AvgIpc) is 3.08. The second-order valence-corrected chi connectivity index (χ2v) is 15.9. The van der Waals surface area contributed by atoms with Crippen molar-refractivity contribution < 1.29 is 25.2 Å². The molecule has 0 bridgehead atoms. The van der Waals surface area contributed by atoms with E-state index < -0.39 is 23.4 Å². The van der Waals surface area contributed by atoms with E-state index in [2.05, 4.69) is 34.6 Å². The van der Waals surface area contributed by atoms with E-state index in [1.165, 1.54) is 6.42 Å². The van der Waals surface area contributed by atoms with Gasteiger partial charge in [0.2, 0.25) is 0 Å². The van der Waals surface area contributed by atoms with Crippen LogP contribution < -0.4 is 0 Å². The van der Waals surface area contributed by atoms with Crippen molar-refractivity contribution in [3.63, 3.8) is 0 Å². The van der Waals surface area contributed by atoms with Gasteiger partial charge in [0, 0.05) is 5.92 Å². The summed E-state index contributed by atoms with van der Waals surface area (Å²) in [6.45, 7) is 15.0. The molecule has 0 aromatic heterocycles. The fraction of sp³-hybridized carbons (Fsp3) is 1.00. The van der Waals surface area contributed by atoms with Gasteiger partial charge in [-0.25, -0.2) is 0 Å². The van der Waals surface area contributed by atoms with Gasteiger partial charge >= 0.3 is 0 Å². The quantitative estimate of drug-likeness (QED) is 0.460. The van der Waals surface area contributed by atoms with Crippen LogP contribution in [0.5, 0.6) is 0 Å². The molecule has 5 heteroatoms. The lowest BCUT2D eigenvalue weighted by molar-refractivity contribution is -0.213. The highest BCUT2D eigenvalue weighted by Gasteiger charge is 2.84. The molecule has 12 atom stereocenters. The van der Waals surface area contributed by atoms with Crippen LogP contribution in [0.2, 0.25) is 0 Å². The molecule has 1 aliphatic heterocycles. The first kappa shape index (κ1) is 25.1. The van der Waals surface area contributed by atoms with E-state index in [1.807, 2.05) is 13.8 Å². The highest BCUT2D eigenvalue weighted by molar-refractivity contribution is 5.33. The van der Waals surface area contributed by atoms with Gasteiger partial charge in [-0.05, 0) is 117 Å². The average molecular weight is 491 g/mol. The maximum atomic E-state index is 11.7. The largest absolute Gasteiger partial charge is 0.393 e. The van der Waals surface area contributed by atoms with Gasteiger partial charge in [-0.2, -0.15) is 0 Å². The topological polar surface area (TPSA) is 90.2 Å². The molecule has 0 aromatic carbocycles. The second kappa shape index (κ2) is 6.86. The molecule has 5 aliphatic carbocycles. The van der Waals surface area contributed by atoms with Crippen LogP contribution in [-0.2, 0) is 4.74 Å². The fourth-order valence-corrected chi connectivity index (χ4v) is 12.1. The molecule has 2 spiro atoms. The normalized spacial score (nSPS) is 60.9. The minimum absolute atomic E-state index is 0.0267. The molecule has 2 unspecified atom stereocenters. The van der Waals surface area contributed by atoms with E-state index in [1.54, 1.807) is 0 Å².